The van der Waals surface area contributed by atoms with Gasteiger partial charge in [-0.3, -0.25) is 4.79 Å². The fourth-order valence-corrected chi connectivity index (χ4v) is 3.40. The first kappa shape index (κ1) is 16.3. The van der Waals surface area contributed by atoms with Crippen LogP contribution in [0.3, 0.4) is 0 Å². The summed E-state index contributed by atoms with van der Waals surface area (Å²) >= 11 is 5.23. The minimum atomic E-state index is -0.763. The van der Waals surface area contributed by atoms with E-state index in [1.54, 1.807) is 0 Å². The van der Waals surface area contributed by atoms with Crippen molar-refractivity contribution in [2.24, 2.45) is 11.8 Å². The molecule has 5 nitrogen and oxygen atoms in total. The van der Waals surface area contributed by atoms with Crippen LogP contribution in [0.2, 0.25) is 0 Å². The molecule has 118 valence electrons. The molecule has 0 aromatic rings. The number of hydrogen-bond acceptors (Lipinski definition) is 4. The largest absolute Gasteiger partial charge is 0.481 e. The van der Waals surface area contributed by atoms with Crippen LogP contribution in [-0.4, -0.2) is 35.3 Å². The molecule has 2 heterocycles. The van der Waals surface area contributed by atoms with Gasteiger partial charge in [0, 0.05) is 23.9 Å². The maximum atomic E-state index is 10.7. The number of fused-ring (bicyclic) bond motifs is 2. The number of allylic oxidation sites excluding steroid dienone is 2. The molecule has 2 saturated heterocycles. The Morgan fingerprint density at radius 3 is 2.62 bits per heavy atom. The molecule has 2 aliphatic rings. The highest BCUT2D eigenvalue weighted by Gasteiger charge is 2.48. The van der Waals surface area contributed by atoms with E-state index in [4.69, 9.17) is 26.2 Å². The second kappa shape index (κ2) is 7.80. The van der Waals surface area contributed by atoms with Crippen LogP contribution in [0.4, 0.5) is 4.79 Å². The predicted octanol–water partition coefficient (Wildman–Crippen LogP) is 3.36. The Bertz CT molecular complexity index is 409. The standard InChI is InChI=1S/C15H21ClO5/c16-15(19)20-9-11-10(12-7-8-13(11)21-12)5-3-1-2-4-6-14(17)18/h1,3,10-13H,2,4-9H2,(H,17,18)/t10-,11+,12-,13+/m1/s1. The second-order valence-corrected chi connectivity index (χ2v) is 5.97. The van der Waals surface area contributed by atoms with Crippen molar-refractivity contribution in [3.05, 3.63) is 12.2 Å². The molecule has 0 spiro atoms. The molecule has 21 heavy (non-hydrogen) atoms. The highest BCUT2D eigenvalue weighted by Crippen LogP contribution is 2.45. The molecule has 4 atom stereocenters. The first-order valence-electron chi connectivity index (χ1n) is 7.42. The number of carbonyl (C=O) groups is 2. The van der Waals surface area contributed by atoms with Gasteiger partial charge in [-0.25, -0.2) is 4.79 Å². The molecule has 1 N–H and O–H groups in total. The van der Waals surface area contributed by atoms with E-state index in [-0.39, 0.29) is 24.5 Å². The highest BCUT2D eigenvalue weighted by atomic mass is 35.5. The number of aliphatic carboxylic acids is 1. The molecule has 0 unspecified atom stereocenters. The van der Waals surface area contributed by atoms with Gasteiger partial charge in [0.25, 0.3) is 0 Å². The molecule has 2 bridgehead atoms. The molecule has 0 aliphatic carbocycles. The number of halogens is 1. The monoisotopic (exact) mass is 316 g/mol. The van der Waals surface area contributed by atoms with Crippen molar-refractivity contribution < 1.29 is 24.2 Å². The van der Waals surface area contributed by atoms with Crippen molar-refractivity contribution in [2.45, 2.75) is 50.7 Å². The normalized spacial score (nSPS) is 30.9. The van der Waals surface area contributed by atoms with Gasteiger partial charge in [0.2, 0.25) is 0 Å². The molecule has 0 radical (unpaired) electrons. The Balaban J connectivity index is 1.76. The summed E-state index contributed by atoms with van der Waals surface area (Å²) in [4.78, 5) is 21.1. The molecule has 2 aliphatic heterocycles. The van der Waals surface area contributed by atoms with Crippen LogP contribution < -0.4 is 0 Å². The Morgan fingerprint density at radius 1 is 1.24 bits per heavy atom. The van der Waals surface area contributed by atoms with Crippen LogP contribution in [0, 0.1) is 11.8 Å². The van der Waals surface area contributed by atoms with Gasteiger partial charge in [0.15, 0.2) is 0 Å². The summed E-state index contributed by atoms with van der Waals surface area (Å²) in [5.41, 5.74) is -0.763. The first-order valence-corrected chi connectivity index (χ1v) is 7.80. The number of unbranched alkanes of at least 4 members (excludes halogenated alkanes) is 1. The molecule has 0 aromatic heterocycles. The van der Waals surface area contributed by atoms with Gasteiger partial charge in [-0.1, -0.05) is 12.2 Å². The summed E-state index contributed by atoms with van der Waals surface area (Å²) in [6, 6.07) is 0. The van der Waals surface area contributed by atoms with E-state index in [9.17, 15) is 9.59 Å². The molecular weight excluding hydrogens is 296 g/mol. The number of ether oxygens (including phenoxy) is 2. The van der Waals surface area contributed by atoms with E-state index >= 15 is 0 Å². The summed E-state index contributed by atoms with van der Waals surface area (Å²) in [6.07, 6.45) is 9.14. The summed E-state index contributed by atoms with van der Waals surface area (Å²) in [5, 5.41) is 8.56. The highest BCUT2D eigenvalue weighted by molar-refractivity contribution is 6.61. The van der Waals surface area contributed by atoms with Crippen LogP contribution >= 0.6 is 11.6 Å². The lowest BCUT2D eigenvalue weighted by Crippen LogP contribution is -2.30. The van der Waals surface area contributed by atoms with Crippen LogP contribution in [0.1, 0.15) is 38.5 Å². The smallest absolute Gasteiger partial charge is 0.403 e. The molecule has 0 aromatic carbocycles. The van der Waals surface area contributed by atoms with E-state index in [2.05, 4.69) is 6.08 Å². The third-order valence-electron chi connectivity index (χ3n) is 4.32. The van der Waals surface area contributed by atoms with Crippen molar-refractivity contribution in [2.75, 3.05) is 6.61 Å². The molecule has 6 heteroatoms. The molecule has 0 saturated carbocycles. The quantitative estimate of drug-likeness (QED) is 0.422. The lowest BCUT2D eigenvalue weighted by Gasteiger charge is -2.26. The fourth-order valence-electron chi connectivity index (χ4n) is 3.33. The second-order valence-electron chi connectivity index (χ2n) is 5.66. The van der Waals surface area contributed by atoms with Gasteiger partial charge >= 0.3 is 11.4 Å². The minimum absolute atomic E-state index is 0.177. The third kappa shape index (κ3) is 4.71. The Labute approximate surface area is 129 Å². The lowest BCUT2D eigenvalue weighted by molar-refractivity contribution is -0.137. The van der Waals surface area contributed by atoms with Crippen molar-refractivity contribution in [1.82, 2.24) is 0 Å². The number of carboxylic acid groups (broad SMARTS) is 1. The fraction of sp³-hybridized carbons (Fsp3) is 0.733. The topological polar surface area (TPSA) is 72.8 Å². The number of carboxylic acids is 1. The zero-order valence-corrected chi connectivity index (χ0v) is 12.6. The van der Waals surface area contributed by atoms with Crippen molar-refractivity contribution >= 4 is 23.0 Å². The van der Waals surface area contributed by atoms with Gasteiger partial charge in [0.1, 0.15) is 0 Å². The Kier molecular flexibility index (Phi) is 6.06. The van der Waals surface area contributed by atoms with Crippen LogP contribution in [0.15, 0.2) is 12.2 Å². The van der Waals surface area contributed by atoms with Crippen LogP contribution in [0.25, 0.3) is 0 Å². The predicted molar refractivity (Wildman–Crippen MR) is 77.3 cm³/mol. The summed E-state index contributed by atoms with van der Waals surface area (Å²) in [5.74, 6) is -0.182. The van der Waals surface area contributed by atoms with E-state index < -0.39 is 11.4 Å². The number of carbonyl (C=O) groups excluding carboxylic acids is 1. The van der Waals surface area contributed by atoms with Gasteiger partial charge < -0.3 is 14.6 Å². The Hall–Kier alpha value is -1.07. The number of hydrogen-bond donors (Lipinski definition) is 1. The van der Waals surface area contributed by atoms with E-state index in [0.717, 1.165) is 25.7 Å². The minimum Gasteiger partial charge on any atom is -0.481 e. The average Bonchev–Trinajstić information content (AvgIpc) is 3.01. The molecular formula is C15H21ClO5. The van der Waals surface area contributed by atoms with Gasteiger partial charge in [0.05, 0.1) is 18.8 Å². The number of rotatable bonds is 8. The zero-order chi connectivity index (χ0) is 15.2. The molecule has 0 amide bonds. The lowest BCUT2D eigenvalue weighted by atomic mass is 9.78. The van der Waals surface area contributed by atoms with Crippen molar-refractivity contribution in [3.63, 3.8) is 0 Å². The summed E-state index contributed by atoms with van der Waals surface area (Å²) in [6.45, 7) is 0.320. The first-order chi connectivity index (χ1) is 10.1. The van der Waals surface area contributed by atoms with E-state index in [1.165, 1.54) is 0 Å². The Morgan fingerprint density at radius 2 is 1.95 bits per heavy atom. The van der Waals surface area contributed by atoms with E-state index in [0.29, 0.717) is 18.9 Å². The van der Waals surface area contributed by atoms with Gasteiger partial charge in [-0.05, 0) is 38.0 Å². The SMILES string of the molecule is O=C(O)CCCC=CC[C@@H]1[C@H](COC(=O)Cl)[C@@H]2CC[C@H]1O2. The van der Waals surface area contributed by atoms with Crippen LogP contribution in [-0.2, 0) is 14.3 Å². The third-order valence-corrected chi connectivity index (χ3v) is 4.43. The maximum Gasteiger partial charge on any atom is 0.403 e. The van der Waals surface area contributed by atoms with Gasteiger partial charge in [-0.2, -0.15) is 0 Å². The van der Waals surface area contributed by atoms with Crippen molar-refractivity contribution in [1.29, 1.82) is 0 Å². The van der Waals surface area contributed by atoms with E-state index in [1.807, 2.05) is 6.08 Å². The summed E-state index contributed by atoms with van der Waals surface area (Å²) in [7, 11) is 0. The van der Waals surface area contributed by atoms with Crippen molar-refractivity contribution in [3.8, 4) is 0 Å². The molecule has 2 rings (SSSR count). The van der Waals surface area contributed by atoms with Gasteiger partial charge in [-0.15, -0.1) is 0 Å². The maximum absolute atomic E-state index is 10.7. The molecule has 2 fully saturated rings. The average molecular weight is 317 g/mol. The zero-order valence-electron chi connectivity index (χ0n) is 11.9. The van der Waals surface area contributed by atoms with Crippen LogP contribution in [0.5, 0.6) is 0 Å². The summed E-state index contributed by atoms with van der Waals surface area (Å²) < 4.78 is 10.8.